The third kappa shape index (κ3) is 6.35. The van der Waals surface area contributed by atoms with Crippen LogP contribution in [0.5, 0.6) is 0 Å². The van der Waals surface area contributed by atoms with Gasteiger partial charge in [0.05, 0.1) is 11.4 Å². The molecule has 3 heterocycles. The molecule has 0 unspecified atom stereocenters. The lowest BCUT2D eigenvalue weighted by Crippen LogP contribution is -2.23. The van der Waals surface area contributed by atoms with Crippen molar-refractivity contribution in [3.8, 4) is 0 Å². The van der Waals surface area contributed by atoms with Crippen molar-refractivity contribution in [1.29, 1.82) is 0 Å². The Balaban J connectivity index is 1.29. The van der Waals surface area contributed by atoms with Crippen molar-refractivity contribution in [2.24, 2.45) is 0 Å². The number of pyridine rings is 2. The smallest absolute Gasteiger partial charge is 0.348 e. The molecule has 0 aliphatic heterocycles. The van der Waals surface area contributed by atoms with Crippen LogP contribution >= 0.6 is 0 Å². The molecule has 182 valence electrons. The van der Waals surface area contributed by atoms with Crippen molar-refractivity contribution in [1.82, 2.24) is 19.7 Å². The lowest BCUT2D eigenvalue weighted by Gasteiger charge is -2.09. The van der Waals surface area contributed by atoms with Gasteiger partial charge in [0.15, 0.2) is 0 Å². The molecule has 0 radical (unpaired) electrons. The maximum atomic E-state index is 12.6. The number of nitrogens with one attached hydrogen (secondary N) is 2. The second-order valence-electron chi connectivity index (χ2n) is 7.68. The molecule has 4 aromatic rings. The number of benzene rings is 1. The number of imidazole rings is 1. The minimum absolute atomic E-state index is 0.0125. The van der Waals surface area contributed by atoms with Gasteiger partial charge in [0.1, 0.15) is 11.3 Å². The van der Waals surface area contributed by atoms with Gasteiger partial charge in [-0.15, -0.1) is 0 Å². The predicted molar refractivity (Wildman–Crippen MR) is 123 cm³/mol. The lowest BCUT2D eigenvalue weighted by atomic mass is 10.2. The maximum Gasteiger partial charge on any atom is 0.433 e. The van der Waals surface area contributed by atoms with Gasteiger partial charge in [-0.25, -0.2) is 13.4 Å². The molecule has 1 amide bonds. The standard InChI is InChI=1S/C23H20F3N5O3S/c24-23(25,26)20-9-4-16(13-27-20)14-28-22(32)17-5-7-18(8-6-17)30-35(33,34)12-10-19-15-31-11-2-1-3-21(31)29-19/h1-9,11,13,15,30H,10,12,14H2,(H,28,32). The summed E-state index contributed by atoms with van der Waals surface area (Å²) in [5.74, 6) is -0.633. The fourth-order valence-electron chi connectivity index (χ4n) is 3.25. The Labute approximate surface area is 198 Å². The molecule has 1 aromatic carbocycles. The van der Waals surface area contributed by atoms with Crippen molar-refractivity contribution in [2.45, 2.75) is 19.1 Å². The topological polar surface area (TPSA) is 105 Å². The van der Waals surface area contributed by atoms with E-state index in [1.807, 2.05) is 28.8 Å². The average molecular weight is 504 g/mol. The summed E-state index contributed by atoms with van der Waals surface area (Å²) in [6, 6.07) is 13.4. The van der Waals surface area contributed by atoms with Crippen LogP contribution in [0.25, 0.3) is 5.65 Å². The van der Waals surface area contributed by atoms with E-state index in [0.29, 0.717) is 16.9 Å². The molecule has 0 spiro atoms. The van der Waals surface area contributed by atoms with Crippen molar-refractivity contribution in [2.75, 3.05) is 10.5 Å². The van der Waals surface area contributed by atoms with E-state index in [0.717, 1.165) is 17.9 Å². The summed E-state index contributed by atoms with van der Waals surface area (Å²) in [7, 11) is -3.65. The highest BCUT2D eigenvalue weighted by Crippen LogP contribution is 2.27. The fourth-order valence-corrected chi connectivity index (χ4v) is 4.32. The molecule has 35 heavy (non-hydrogen) atoms. The number of fused-ring (bicyclic) bond motifs is 1. The van der Waals surface area contributed by atoms with Crippen molar-refractivity contribution in [3.63, 3.8) is 0 Å². The second-order valence-corrected chi connectivity index (χ2v) is 9.52. The number of halogens is 3. The molecule has 8 nitrogen and oxygen atoms in total. The van der Waals surface area contributed by atoms with Crippen LogP contribution in [0.4, 0.5) is 18.9 Å². The first-order chi connectivity index (χ1) is 16.6. The number of alkyl halides is 3. The Morgan fingerprint density at radius 1 is 1.03 bits per heavy atom. The fraction of sp³-hybridized carbons (Fsp3) is 0.174. The van der Waals surface area contributed by atoms with Gasteiger partial charge in [-0.05, 0) is 48.0 Å². The first-order valence-electron chi connectivity index (χ1n) is 10.4. The third-order valence-corrected chi connectivity index (χ3v) is 6.32. The molecule has 0 aliphatic rings. The first kappa shape index (κ1) is 24.2. The highest BCUT2D eigenvalue weighted by atomic mass is 32.2. The maximum absolute atomic E-state index is 12.6. The van der Waals surface area contributed by atoms with E-state index in [1.165, 1.54) is 30.3 Å². The number of hydrogen-bond donors (Lipinski definition) is 2. The van der Waals surface area contributed by atoms with Crippen molar-refractivity contribution < 1.29 is 26.4 Å². The zero-order valence-corrected chi connectivity index (χ0v) is 19.0. The van der Waals surface area contributed by atoms with Gasteiger partial charge in [0.25, 0.3) is 5.91 Å². The highest BCUT2D eigenvalue weighted by molar-refractivity contribution is 7.92. The van der Waals surface area contributed by atoms with Crippen LogP contribution in [0.1, 0.15) is 27.3 Å². The Bertz CT molecular complexity index is 1400. The molecule has 0 saturated carbocycles. The molecule has 12 heteroatoms. The van der Waals surface area contributed by atoms with E-state index in [4.69, 9.17) is 0 Å². The van der Waals surface area contributed by atoms with Gasteiger partial charge in [-0.1, -0.05) is 12.1 Å². The second kappa shape index (κ2) is 9.74. The predicted octanol–water partition coefficient (Wildman–Crippen LogP) is 3.66. The van der Waals surface area contributed by atoms with Gasteiger partial charge >= 0.3 is 6.18 Å². The Morgan fingerprint density at radius 3 is 2.46 bits per heavy atom. The van der Waals surface area contributed by atoms with Crippen molar-refractivity contribution >= 4 is 27.3 Å². The SMILES string of the molecule is O=C(NCc1ccc(C(F)(F)F)nc1)c1ccc(NS(=O)(=O)CCc2cn3ccccc3n2)cc1. The monoisotopic (exact) mass is 503 g/mol. The molecular weight excluding hydrogens is 483 g/mol. The minimum atomic E-state index is -4.53. The number of carbonyl (C=O) groups is 1. The molecule has 0 saturated heterocycles. The molecule has 0 fully saturated rings. The zero-order chi connectivity index (χ0) is 25.1. The van der Waals surface area contributed by atoms with Crippen LogP contribution in [-0.2, 0) is 29.2 Å². The van der Waals surface area contributed by atoms with Crippen LogP contribution in [-0.4, -0.2) is 34.4 Å². The highest BCUT2D eigenvalue weighted by Gasteiger charge is 2.32. The number of amides is 1. The Morgan fingerprint density at radius 2 is 1.80 bits per heavy atom. The number of aromatic nitrogens is 3. The van der Waals surface area contributed by atoms with E-state index in [2.05, 4.69) is 20.0 Å². The molecule has 0 aliphatic carbocycles. The number of carbonyl (C=O) groups excluding carboxylic acids is 1. The lowest BCUT2D eigenvalue weighted by molar-refractivity contribution is -0.141. The van der Waals surface area contributed by atoms with Gasteiger partial charge in [-0.2, -0.15) is 13.2 Å². The van der Waals surface area contributed by atoms with Crippen molar-refractivity contribution in [3.05, 3.63) is 95.7 Å². The van der Waals surface area contributed by atoms with E-state index in [9.17, 15) is 26.4 Å². The minimum Gasteiger partial charge on any atom is -0.348 e. The summed E-state index contributed by atoms with van der Waals surface area (Å²) in [6.07, 6.45) is 0.359. The number of aryl methyl sites for hydroxylation is 1. The number of nitrogens with zero attached hydrogens (tertiary/aromatic N) is 3. The molecular formula is C23H20F3N5O3S. The molecule has 0 bridgehead atoms. The number of sulfonamides is 1. The van der Waals surface area contributed by atoms with Gasteiger partial charge in [0, 0.05) is 42.8 Å². The quantitative estimate of drug-likeness (QED) is 0.382. The van der Waals surface area contributed by atoms with Crippen LogP contribution in [0.3, 0.4) is 0 Å². The summed E-state index contributed by atoms with van der Waals surface area (Å²) < 4.78 is 66.9. The molecule has 0 atom stereocenters. The zero-order valence-electron chi connectivity index (χ0n) is 18.2. The Hall–Kier alpha value is -3.93. The summed E-state index contributed by atoms with van der Waals surface area (Å²) in [4.78, 5) is 20.0. The van der Waals surface area contributed by atoms with Gasteiger partial charge in [-0.3, -0.25) is 14.5 Å². The molecule has 2 N–H and O–H groups in total. The van der Waals surface area contributed by atoms with E-state index >= 15 is 0 Å². The third-order valence-electron chi connectivity index (χ3n) is 5.03. The summed E-state index contributed by atoms with van der Waals surface area (Å²) in [5.41, 5.74) is 1.33. The normalized spacial score (nSPS) is 12.0. The van der Waals surface area contributed by atoms with Gasteiger partial charge in [0.2, 0.25) is 10.0 Å². The largest absolute Gasteiger partial charge is 0.433 e. The summed E-state index contributed by atoms with van der Waals surface area (Å²) >= 11 is 0. The number of anilines is 1. The summed E-state index contributed by atoms with van der Waals surface area (Å²) in [5, 5.41) is 2.58. The van der Waals surface area contributed by atoms with Crippen LogP contribution < -0.4 is 10.0 Å². The van der Waals surface area contributed by atoms with E-state index in [-0.39, 0.29) is 24.3 Å². The van der Waals surface area contributed by atoms with E-state index < -0.39 is 27.8 Å². The van der Waals surface area contributed by atoms with Gasteiger partial charge < -0.3 is 9.72 Å². The number of hydrogen-bond acceptors (Lipinski definition) is 5. The Kier molecular flexibility index (Phi) is 6.74. The van der Waals surface area contributed by atoms with Crippen LogP contribution in [0.15, 0.2) is 73.2 Å². The van der Waals surface area contributed by atoms with Crippen LogP contribution in [0, 0.1) is 0 Å². The van der Waals surface area contributed by atoms with E-state index in [1.54, 1.807) is 6.20 Å². The molecule has 3 aromatic heterocycles. The summed E-state index contributed by atoms with van der Waals surface area (Å²) in [6.45, 7) is -0.0125. The molecule has 4 rings (SSSR count). The first-order valence-corrected chi connectivity index (χ1v) is 12.1. The van der Waals surface area contributed by atoms with Crippen LogP contribution in [0.2, 0.25) is 0 Å². The average Bonchev–Trinajstić information content (AvgIpc) is 3.24. The number of rotatable bonds is 8.